The molecule has 0 N–H and O–H groups in total. The second kappa shape index (κ2) is 7.57. The van der Waals surface area contributed by atoms with Gasteiger partial charge in [-0.2, -0.15) is 4.98 Å². The molecule has 1 unspecified atom stereocenters. The van der Waals surface area contributed by atoms with Crippen LogP contribution < -0.4 is 0 Å². The van der Waals surface area contributed by atoms with E-state index in [0.29, 0.717) is 37.0 Å². The quantitative estimate of drug-likeness (QED) is 0.777. The van der Waals surface area contributed by atoms with E-state index in [0.717, 1.165) is 37.1 Å². The zero-order chi connectivity index (χ0) is 18.7. The maximum absolute atomic E-state index is 12.9. The minimum atomic E-state index is -0.333. The lowest BCUT2D eigenvalue weighted by Gasteiger charge is -2.41. The molecule has 0 aromatic carbocycles. The van der Waals surface area contributed by atoms with Crippen LogP contribution in [0.4, 0.5) is 0 Å². The second-order valence-electron chi connectivity index (χ2n) is 7.06. The van der Waals surface area contributed by atoms with E-state index in [4.69, 9.17) is 13.8 Å². The molecule has 3 rings (SSSR count). The van der Waals surface area contributed by atoms with Crippen LogP contribution in [0.1, 0.15) is 48.0 Å². The maximum atomic E-state index is 12.9. The van der Waals surface area contributed by atoms with Crippen LogP contribution in [0.25, 0.3) is 0 Å². The van der Waals surface area contributed by atoms with E-state index in [1.165, 1.54) is 0 Å². The van der Waals surface area contributed by atoms with Crippen LogP contribution in [0.2, 0.25) is 0 Å². The molecule has 0 saturated carbocycles. The monoisotopic (exact) mass is 362 g/mol. The smallest absolute Gasteiger partial charge is 0.227 e. The van der Waals surface area contributed by atoms with Gasteiger partial charge < -0.3 is 18.7 Å². The molecular formula is C18H26N4O4. The summed E-state index contributed by atoms with van der Waals surface area (Å²) in [6, 6.07) is 0. The van der Waals surface area contributed by atoms with Crippen molar-refractivity contribution in [3.8, 4) is 0 Å². The van der Waals surface area contributed by atoms with Crippen LogP contribution in [-0.2, 0) is 21.4 Å². The van der Waals surface area contributed by atoms with E-state index in [1.54, 1.807) is 14.0 Å². The molecule has 0 bridgehead atoms. The Kier molecular flexibility index (Phi) is 5.41. The van der Waals surface area contributed by atoms with Gasteiger partial charge >= 0.3 is 0 Å². The van der Waals surface area contributed by atoms with Crippen molar-refractivity contribution in [1.82, 2.24) is 20.2 Å². The Hall–Kier alpha value is -2.22. The fourth-order valence-electron chi connectivity index (χ4n) is 3.67. The molecular weight excluding hydrogens is 336 g/mol. The molecule has 0 radical (unpaired) electrons. The number of ether oxygens (including phenoxy) is 1. The minimum absolute atomic E-state index is 0.0705. The fourth-order valence-corrected chi connectivity index (χ4v) is 3.67. The predicted molar refractivity (Wildman–Crippen MR) is 92.7 cm³/mol. The summed E-state index contributed by atoms with van der Waals surface area (Å²) in [5, 5.41) is 8.10. The number of rotatable bonds is 6. The summed E-state index contributed by atoms with van der Waals surface area (Å²) in [6.45, 7) is 7.36. The predicted octanol–water partition coefficient (Wildman–Crippen LogP) is 2.12. The zero-order valence-electron chi connectivity index (χ0n) is 15.9. The Morgan fingerprint density at radius 1 is 1.27 bits per heavy atom. The molecule has 0 spiro atoms. The highest BCUT2D eigenvalue weighted by molar-refractivity contribution is 5.79. The summed E-state index contributed by atoms with van der Waals surface area (Å²) in [5.41, 5.74) is 1.31. The van der Waals surface area contributed by atoms with Crippen LogP contribution in [0.5, 0.6) is 0 Å². The molecule has 1 fully saturated rings. The highest BCUT2D eigenvalue weighted by atomic mass is 16.5. The van der Waals surface area contributed by atoms with Gasteiger partial charge in [0.2, 0.25) is 11.8 Å². The molecule has 0 aliphatic carbocycles. The molecule has 2 aromatic heterocycles. The number of hydrogen-bond acceptors (Lipinski definition) is 7. The first-order valence-electron chi connectivity index (χ1n) is 8.94. The van der Waals surface area contributed by atoms with Gasteiger partial charge in [0.05, 0.1) is 17.5 Å². The first kappa shape index (κ1) is 18.6. The lowest BCUT2D eigenvalue weighted by Crippen LogP contribution is -2.50. The van der Waals surface area contributed by atoms with Gasteiger partial charge in [0.25, 0.3) is 0 Å². The average molecular weight is 362 g/mol. The molecule has 1 saturated heterocycles. The average Bonchev–Trinajstić information content (AvgIpc) is 3.21. The van der Waals surface area contributed by atoms with Crippen LogP contribution in [0.15, 0.2) is 9.05 Å². The number of methoxy groups -OCH3 is 1. The topological polar surface area (TPSA) is 94.5 Å². The molecule has 1 aliphatic rings. The number of carbonyl (C=O) groups is 1. The van der Waals surface area contributed by atoms with Crippen LogP contribution >= 0.6 is 0 Å². The van der Waals surface area contributed by atoms with E-state index < -0.39 is 0 Å². The lowest BCUT2D eigenvalue weighted by atomic mass is 9.76. The van der Waals surface area contributed by atoms with Crippen molar-refractivity contribution < 1.29 is 18.6 Å². The maximum Gasteiger partial charge on any atom is 0.227 e. The molecule has 142 valence electrons. The van der Waals surface area contributed by atoms with Crippen molar-refractivity contribution >= 4 is 5.91 Å². The highest BCUT2D eigenvalue weighted by Crippen LogP contribution is 2.36. The molecule has 1 aliphatic heterocycles. The number of piperidine rings is 1. The Balaban J connectivity index is 1.80. The summed E-state index contributed by atoms with van der Waals surface area (Å²) in [7, 11) is 1.68. The number of nitrogens with zero attached hydrogens (tertiary/aromatic N) is 4. The van der Waals surface area contributed by atoms with Gasteiger partial charge in [0, 0.05) is 39.3 Å². The molecule has 26 heavy (non-hydrogen) atoms. The Labute approximate surface area is 152 Å². The standard InChI is InChI=1S/C18H26N4O4/c1-12-15(13(2)25-20-12)10-16(23)22-8-5-6-18(11-22,7-9-24-4)17-19-14(3)26-21-17/h5-11H2,1-4H3. The van der Waals surface area contributed by atoms with Gasteiger partial charge in [0.1, 0.15) is 5.76 Å². The van der Waals surface area contributed by atoms with Crippen LogP contribution in [0.3, 0.4) is 0 Å². The summed E-state index contributed by atoms with van der Waals surface area (Å²) in [5.74, 6) is 1.98. The molecule has 1 atom stereocenters. The van der Waals surface area contributed by atoms with E-state index in [2.05, 4.69) is 15.3 Å². The summed E-state index contributed by atoms with van der Waals surface area (Å²) in [4.78, 5) is 19.3. The van der Waals surface area contributed by atoms with E-state index in [-0.39, 0.29) is 11.3 Å². The Morgan fingerprint density at radius 2 is 2.08 bits per heavy atom. The summed E-state index contributed by atoms with van der Waals surface area (Å²) in [6.07, 6.45) is 2.85. The van der Waals surface area contributed by atoms with E-state index in [9.17, 15) is 4.79 Å². The first-order chi connectivity index (χ1) is 12.4. The summed E-state index contributed by atoms with van der Waals surface area (Å²) >= 11 is 0. The minimum Gasteiger partial charge on any atom is -0.385 e. The number of likely N-dealkylation sites (tertiary alicyclic amines) is 1. The molecule has 1 amide bonds. The normalized spacial score (nSPS) is 20.5. The number of hydrogen-bond donors (Lipinski definition) is 0. The van der Waals surface area contributed by atoms with E-state index in [1.807, 2.05) is 18.7 Å². The second-order valence-corrected chi connectivity index (χ2v) is 7.06. The third kappa shape index (κ3) is 3.65. The van der Waals surface area contributed by atoms with Gasteiger partial charge in [0.15, 0.2) is 5.82 Å². The molecule has 3 heterocycles. The van der Waals surface area contributed by atoms with Crippen LogP contribution in [0, 0.1) is 20.8 Å². The van der Waals surface area contributed by atoms with Crippen molar-refractivity contribution in [2.75, 3.05) is 26.8 Å². The number of aromatic nitrogens is 3. The zero-order valence-corrected chi connectivity index (χ0v) is 15.9. The number of carbonyl (C=O) groups excluding carboxylic acids is 1. The van der Waals surface area contributed by atoms with Crippen molar-refractivity contribution in [3.05, 3.63) is 28.7 Å². The van der Waals surface area contributed by atoms with E-state index >= 15 is 0 Å². The fraction of sp³-hybridized carbons (Fsp3) is 0.667. The summed E-state index contributed by atoms with van der Waals surface area (Å²) < 4.78 is 15.7. The van der Waals surface area contributed by atoms with Crippen molar-refractivity contribution in [2.45, 2.75) is 51.9 Å². The third-order valence-electron chi connectivity index (χ3n) is 5.23. The van der Waals surface area contributed by atoms with Crippen LogP contribution in [-0.4, -0.2) is 52.9 Å². The number of aryl methyl sites for hydroxylation is 3. The largest absolute Gasteiger partial charge is 0.385 e. The van der Waals surface area contributed by atoms with Gasteiger partial charge in [-0.3, -0.25) is 4.79 Å². The first-order valence-corrected chi connectivity index (χ1v) is 8.94. The van der Waals surface area contributed by atoms with Crippen molar-refractivity contribution in [3.63, 3.8) is 0 Å². The van der Waals surface area contributed by atoms with Gasteiger partial charge in [-0.15, -0.1) is 0 Å². The van der Waals surface area contributed by atoms with Crippen molar-refractivity contribution in [1.29, 1.82) is 0 Å². The lowest BCUT2D eigenvalue weighted by molar-refractivity contribution is -0.133. The van der Waals surface area contributed by atoms with Gasteiger partial charge in [-0.1, -0.05) is 10.3 Å². The molecule has 2 aromatic rings. The highest BCUT2D eigenvalue weighted by Gasteiger charge is 2.42. The number of amides is 1. The Bertz CT molecular complexity index is 750. The Morgan fingerprint density at radius 3 is 2.69 bits per heavy atom. The van der Waals surface area contributed by atoms with Gasteiger partial charge in [-0.05, 0) is 33.1 Å². The SMILES string of the molecule is COCCC1(c2noc(C)n2)CCCN(C(=O)Cc2c(C)noc2C)C1. The third-order valence-corrected chi connectivity index (χ3v) is 5.23. The molecule has 8 heteroatoms. The van der Waals surface area contributed by atoms with Gasteiger partial charge in [-0.25, -0.2) is 0 Å². The molecule has 8 nitrogen and oxygen atoms in total. The van der Waals surface area contributed by atoms with Crippen molar-refractivity contribution in [2.24, 2.45) is 0 Å².